The molecule has 0 aliphatic carbocycles. The van der Waals surface area contributed by atoms with Gasteiger partial charge in [0, 0.05) is 23.2 Å². The fourth-order valence-corrected chi connectivity index (χ4v) is 2.71. The van der Waals surface area contributed by atoms with Crippen molar-refractivity contribution in [2.24, 2.45) is 5.41 Å². The van der Waals surface area contributed by atoms with E-state index in [4.69, 9.17) is 0 Å². The molecule has 0 fully saturated rings. The minimum atomic E-state index is -0.586. The number of carbonyl (C=O) groups is 2. The van der Waals surface area contributed by atoms with Gasteiger partial charge in [-0.15, -0.1) is 0 Å². The van der Waals surface area contributed by atoms with Gasteiger partial charge in [-0.25, -0.2) is 0 Å². The molecule has 6 heteroatoms. The molecule has 0 aliphatic heterocycles. The smallest absolute Gasteiger partial charge is 0.242 e. The average molecular weight is 370 g/mol. The monoisotopic (exact) mass is 370 g/mol. The number of nitrogens with zero attached hydrogens (tertiary/aromatic N) is 2. The largest absolute Gasteiger partial charge is 0.350 e. The molecule has 1 aromatic carbocycles. The summed E-state index contributed by atoms with van der Waals surface area (Å²) in [5.74, 6) is -0.351. The van der Waals surface area contributed by atoms with Crippen molar-refractivity contribution in [3.63, 3.8) is 0 Å². The molecule has 2 rings (SSSR count). The van der Waals surface area contributed by atoms with E-state index in [0.29, 0.717) is 13.1 Å². The molecular weight excluding hydrogens is 340 g/mol. The molecule has 1 unspecified atom stereocenters. The lowest BCUT2D eigenvalue weighted by Crippen LogP contribution is -2.48. The summed E-state index contributed by atoms with van der Waals surface area (Å²) in [6, 6.07) is 9.56. The molecule has 0 aliphatic rings. The zero-order valence-electron chi connectivity index (χ0n) is 17.1. The Morgan fingerprint density at radius 2 is 1.78 bits per heavy atom. The van der Waals surface area contributed by atoms with Gasteiger partial charge in [0.25, 0.3) is 0 Å². The van der Waals surface area contributed by atoms with Crippen LogP contribution in [0.2, 0.25) is 0 Å². The normalized spacial score (nSPS) is 12.5. The first-order valence-corrected chi connectivity index (χ1v) is 9.25. The van der Waals surface area contributed by atoms with Crippen LogP contribution < -0.4 is 10.6 Å². The highest BCUT2D eigenvalue weighted by molar-refractivity contribution is 5.89. The van der Waals surface area contributed by atoms with E-state index in [1.165, 1.54) is 5.56 Å². The lowest BCUT2D eigenvalue weighted by atomic mass is 9.95. The Morgan fingerprint density at radius 1 is 1.15 bits per heavy atom. The molecule has 0 spiro atoms. The second kappa shape index (κ2) is 8.37. The number of rotatable bonds is 6. The predicted molar refractivity (Wildman–Crippen MR) is 106 cm³/mol. The van der Waals surface area contributed by atoms with E-state index in [-0.39, 0.29) is 11.8 Å². The zero-order valence-corrected chi connectivity index (χ0v) is 17.1. The second-order valence-electron chi connectivity index (χ2n) is 7.96. The lowest BCUT2D eigenvalue weighted by molar-refractivity contribution is -0.133. The first-order valence-electron chi connectivity index (χ1n) is 9.25. The highest BCUT2D eigenvalue weighted by Crippen LogP contribution is 2.15. The van der Waals surface area contributed by atoms with Gasteiger partial charge in [0.2, 0.25) is 11.8 Å². The summed E-state index contributed by atoms with van der Waals surface area (Å²) in [6.45, 7) is 12.2. The van der Waals surface area contributed by atoms with Crippen LogP contribution in [-0.2, 0) is 22.7 Å². The molecule has 2 aromatic rings. The summed E-state index contributed by atoms with van der Waals surface area (Å²) in [5, 5.41) is 10.3. The third-order valence-corrected chi connectivity index (χ3v) is 4.57. The van der Waals surface area contributed by atoms with Gasteiger partial charge in [-0.05, 0) is 26.3 Å². The SMILES string of the molecule is Cc1nn(Cc2ccccc2)c(C)c1CNC(=O)C(C)NC(=O)C(C)(C)C. The van der Waals surface area contributed by atoms with E-state index in [9.17, 15) is 9.59 Å². The van der Waals surface area contributed by atoms with Crippen LogP contribution in [0.1, 0.15) is 50.2 Å². The van der Waals surface area contributed by atoms with Crippen LogP contribution in [0.5, 0.6) is 0 Å². The molecule has 1 aromatic heterocycles. The zero-order chi connectivity index (χ0) is 20.2. The molecule has 0 bridgehead atoms. The van der Waals surface area contributed by atoms with Crippen molar-refractivity contribution in [2.45, 2.75) is 60.7 Å². The number of hydrogen-bond donors (Lipinski definition) is 2. The van der Waals surface area contributed by atoms with Gasteiger partial charge in [-0.3, -0.25) is 14.3 Å². The van der Waals surface area contributed by atoms with Crippen molar-refractivity contribution in [1.29, 1.82) is 0 Å². The third-order valence-electron chi connectivity index (χ3n) is 4.57. The van der Waals surface area contributed by atoms with Gasteiger partial charge in [0.1, 0.15) is 6.04 Å². The Hall–Kier alpha value is -2.63. The number of aromatic nitrogens is 2. The molecule has 0 saturated heterocycles. The number of nitrogens with one attached hydrogen (secondary N) is 2. The molecule has 2 amide bonds. The Balaban J connectivity index is 1.99. The molecular formula is C21H30N4O2. The molecule has 6 nitrogen and oxygen atoms in total. The summed E-state index contributed by atoms with van der Waals surface area (Å²) >= 11 is 0. The van der Waals surface area contributed by atoms with Crippen LogP contribution in [0, 0.1) is 19.3 Å². The fourth-order valence-electron chi connectivity index (χ4n) is 2.71. The highest BCUT2D eigenvalue weighted by Gasteiger charge is 2.25. The second-order valence-corrected chi connectivity index (χ2v) is 7.96. The van der Waals surface area contributed by atoms with Crippen molar-refractivity contribution in [2.75, 3.05) is 0 Å². The van der Waals surface area contributed by atoms with Gasteiger partial charge in [-0.1, -0.05) is 51.1 Å². The van der Waals surface area contributed by atoms with Crippen molar-refractivity contribution in [1.82, 2.24) is 20.4 Å². The topological polar surface area (TPSA) is 76.0 Å². The predicted octanol–water partition coefficient (Wildman–Crippen LogP) is 2.72. The summed E-state index contributed by atoms with van der Waals surface area (Å²) in [5.41, 5.74) is 3.59. The molecule has 2 N–H and O–H groups in total. The first-order chi connectivity index (χ1) is 12.6. The van der Waals surface area contributed by atoms with E-state index >= 15 is 0 Å². The van der Waals surface area contributed by atoms with Crippen molar-refractivity contribution in [3.8, 4) is 0 Å². The van der Waals surface area contributed by atoms with Crippen molar-refractivity contribution >= 4 is 11.8 Å². The maximum atomic E-state index is 12.3. The molecule has 1 atom stereocenters. The summed E-state index contributed by atoms with van der Waals surface area (Å²) in [4.78, 5) is 24.4. The lowest BCUT2D eigenvalue weighted by Gasteiger charge is -2.21. The minimum Gasteiger partial charge on any atom is -0.350 e. The Labute approximate surface area is 161 Å². The van der Waals surface area contributed by atoms with Crippen LogP contribution in [-0.4, -0.2) is 27.6 Å². The minimum absolute atomic E-state index is 0.145. The maximum absolute atomic E-state index is 12.3. The fraction of sp³-hybridized carbons (Fsp3) is 0.476. The number of aryl methyl sites for hydroxylation is 1. The standard InChI is InChI=1S/C21H30N4O2/c1-14-18(12-22-19(26)15(2)23-20(27)21(4,5)6)16(3)25(24-14)13-17-10-8-7-9-11-17/h7-11,15H,12-13H2,1-6H3,(H,22,26)(H,23,27). The van der Waals surface area contributed by atoms with Gasteiger partial charge in [0.15, 0.2) is 0 Å². The number of amides is 2. The maximum Gasteiger partial charge on any atom is 0.242 e. The molecule has 27 heavy (non-hydrogen) atoms. The Morgan fingerprint density at radius 3 is 2.37 bits per heavy atom. The summed E-state index contributed by atoms with van der Waals surface area (Å²) < 4.78 is 1.96. The van der Waals surface area contributed by atoms with Crippen LogP contribution in [0.4, 0.5) is 0 Å². The number of hydrogen-bond acceptors (Lipinski definition) is 3. The summed E-state index contributed by atoms with van der Waals surface area (Å²) in [7, 11) is 0. The highest BCUT2D eigenvalue weighted by atomic mass is 16.2. The Kier molecular flexibility index (Phi) is 6.41. The van der Waals surface area contributed by atoms with Gasteiger partial charge in [-0.2, -0.15) is 5.10 Å². The van der Waals surface area contributed by atoms with Crippen LogP contribution in [0.25, 0.3) is 0 Å². The first kappa shape index (κ1) is 20.7. The Bertz CT molecular complexity index is 804. The van der Waals surface area contributed by atoms with Gasteiger partial charge in [0.05, 0.1) is 12.2 Å². The molecule has 146 valence electrons. The molecule has 0 radical (unpaired) electrons. The molecule has 1 heterocycles. The van der Waals surface area contributed by atoms with Crippen molar-refractivity contribution in [3.05, 3.63) is 52.8 Å². The van der Waals surface area contributed by atoms with Gasteiger partial charge < -0.3 is 10.6 Å². The van der Waals surface area contributed by atoms with Crippen LogP contribution in [0.3, 0.4) is 0 Å². The molecule has 0 saturated carbocycles. The number of carbonyl (C=O) groups excluding carboxylic acids is 2. The summed E-state index contributed by atoms with van der Waals surface area (Å²) in [6.07, 6.45) is 0. The van der Waals surface area contributed by atoms with Crippen LogP contribution in [0.15, 0.2) is 30.3 Å². The van der Waals surface area contributed by atoms with Crippen LogP contribution >= 0.6 is 0 Å². The quantitative estimate of drug-likeness (QED) is 0.821. The van der Waals surface area contributed by atoms with E-state index in [1.807, 2.05) is 57.5 Å². The average Bonchev–Trinajstić information content (AvgIpc) is 2.86. The van der Waals surface area contributed by atoms with Crippen molar-refractivity contribution < 1.29 is 9.59 Å². The van der Waals surface area contributed by atoms with E-state index < -0.39 is 11.5 Å². The third kappa shape index (κ3) is 5.42. The number of benzene rings is 1. The van der Waals surface area contributed by atoms with E-state index in [0.717, 1.165) is 17.0 Å². The van der Waals surface area contributed by atoms with E-state index in [1.54, 1.807) is 6.92 Å². The van der Waals surface area contributed by atoms with Gasteiger partial charge >= 0.3 is 0 Å². The van der Waals surface area contributed by atoms with E-state index in [2.05, 4.69) is 27.9 Å².